The van der Waals surface area contributed by atoms with Crippen molar-refractivity contribution in [2.45, 2.75) is 13.8 Å². The van der Waals surface area contributed by atoms with E-state index in [4.69, 9.17) is 16.3 Å². The Balaban J connectivity index is 2.19. The van der Waals surface area contributed by atoms with Crippen LogP contribution in [0.2, 0.25) is 5.02 Å². The van der Waals surface area contributed by atoms with Crippen molar-refractivity contribution in [3.8, 4) is 0 Å². The van der Waals surface area contributed by atoms with Gasteiger partial charge in [-0.3, -0.25) is 4.98 Å². The normalized spacial score (nSPS) is 10.2. The molecule has 1 heterocycles. The number of esters is 1. The molecule has 0 radical (unpaired) electrons. The van der Waals surface area contributed by atoms with Crippen LogP contribution in [0, 0.1) is 6.92 Å². The molecule has 0 aliphatic rings. The molecule has 0 amide bonds. The Hall–Kier alpha value is -2.07. The molecule has 104 valence electrons. The van der Waals surface area contributed by atoms with Crippen LogP contribution in [0.15, 0.2) is 36.7 Å². The molecule has 0 saturated heterocycles. The van der Waals surface area contributed by atoms with Crippen molar-refractivity contribution in [2.75, 3.05) is 11.9 Å². The Bertz CT molecular complexity index is 629. The van der Waals surface area contributed by atoms with Gasteiger partial charge in [0.15, 0.2) is 0 Å². The number of carbonyl (C=O) groups is 1. The molecule has 1 aromatic carbocycles. The van der Waals surface area contributed by atoms with E-state index >= 15 is 0 Å². The lowest BCUT2D eigenvalue weighted by molar-refractivity contribution is 0.0526. The van der Waals surface area contributed by atoms with Crippen molar-refractivity contribution in [1.82, 2.24) is 4.98 Å². The number of anilines is 2. The summed E-state index contributed by atoms with van der Waals surface area (Å²) in [7, 11) is 0. The van der Waals surface area contributed by atoms with Crippen LogP contribution in [0.25, 0.3) is 0 Å². The summed E-state index contributed by atoms with van der Waals surface area (Å²) in [6, 6.07) is 7.36. The third kappa shape index (κ3) is 3.48. The van der Waals surface area contributed by atoms with Gasteiger partial charge in [0.1, 0.15) is 0 Å². The fraction of sp³-hybridized carbons (Fsp3) is 0.200. The van der Waals surface area contributed by atoms with Gasteiger partial charge in [0.2, 0.25) is 0 Å². The van der Waals surface area contributed by atoms with Crippen LogP contribution in [0.3, 0.4) is 0 Å². The highest BCUT2D eigenvalue weighted by atomic mass is 35.5. The van der Waals surface area contributed by atoms with Crippen molar-refractivity contribution < 1.29 is 9.53 Å². The van der Waals surface area contributed by atoms with E-state index in [9.17, 15) is 4.79 Å². The van der Waals surface area contributed by atoms with Gasteiger partial charge in [-0.1, -0.05) is 17.7 Å². The smallest absolute Gasteiger partial charge is 0.339 e. The molecule has 0 saturated carbocycles. The van der Waals surface area contributed by atoms with E-state index in [2.05, 4.69) is 10.3 Å². The standard InChI is InChI=1S/C15H15ClN2O2/c1-3-20-15(19)11-6-13(9-17-8-11)18-12-5-4-10(2)14(16)7-12/h4-9,18H,3H2,1-2H3. The Labute approximate surface area is 122 Å². The summed E-state index contributed by atoms with van der Waals surface area (Å²) in [6.07, 6.45) is 3.11. The highest BCUT2D eigenvalue weighted by molar-refractivity contribution is 6.31. The van der Waals surface area contributed by atoms with E-state index in [0.717, 1.165) is 11.3 Å². The number of ether oxygens (including phenoxy) is 1. The van der Waals surface area contributed by atoms with Crippen LogP contribution >= 0.6 is 11.6 Å². The summed E-state index contributed by atoms with van der Waals surface area (Å²) < 4.78 is 4.94. The first kappa shape index (κ1) is 14.3. The number of nitrogens with zero attached hydrogens (tertiary/aromatic N) is 1. The maximum Gasteiger partial charge on any atom is 0.339 e. The van der Waals surface area contributed by atoms with Gasteiger partial charge in [-0.15, -0.1) is 0 Å². The van der Waals surface area contributed by atoms with E-state index in [-0.39, 0.29) is 5.97 Å². The first-order valence-corrected chi connectivity index (χ1v) is 6.63. The topological polar surface area (TPSA) is 51.2 Å². The van der Waals surface area contributed by atoms with Gasteiger partial charge in [-0.2, -0.15) is 0 Å². The minimum Gasteiger partial charge on any atom is -0.462 e. The summed E-state index contributed by atoms with van der Waals surface area (Å²) >= 11 is 6.07. The van der Waals surface area contributed by atoms with Crippen molar-refractivity contribution in [1.29, 1.82) is 0 Å². The molecule has 0 unspecified atom stereocenters. The lowest BCUT2D eigenvalue weighted by Crippen LogP contribution is -2.05. The molecule has 4 nitrogen and oxygen atoms in total. The summed E-state index contributed by atoms with van der Waals surface area (Å²) in [6.45, 7) is 4.04. The number of rotatable bonds is 4. The Kier molecular flexibility index (Phi) is 4.58. The number of hydrogen-bond donors (Lipinski definition) is 1. The quantitative estimate of drug-likeness (QED) is 0.866. The first-order valence-electron chi connectivity index (χ1n) is 6.25. The lowest BCUT2D eigenvalue weighted by Gasteiger charge is -2.09. The fourth-order valence-electron chi connectivity index (χ4n) is 1.67. The van der Waals surface area contributed by atoms with Gasteiger partial charge in [0, 0.05) is 16.9 Å². The number of carbonyl (C=O) groups excluding carboxylic acids is 1. The molecule has 1 N–H and O–H groups in total. The van der Waals surface area contributed by atoms with Crippen molar-refractivity contribution in [3.63, 3.8) is 0 Å². The number of benzene rings is 1. The van der Waals surface area contributed by atoms with Gasteiger partial charge in [0.05, 0.1) is 24.1 Å². The lowest BCUT2D eigenvalue weighted by atomic mass is 10.2. The zero-order valence-electron chi connectivity index (χ0n) is 11.3. The minimum absolute atomic E-state index is 0.337. The summed E-state index contributed by atoms with van der Waals surface area (Å²) in [5, 5.41) is 3.84. The minimum atomic E-state index is -0.384. The van der Waals surface area contributed by atoms with Gasteiger partial charge in [-0.05, 0) is 37.6 Å². The molecular weight excluding hydrogens is 276 g/mol. The van der Waals surface area contributed by atoms with Gasteiger partial charge in [0.25, 0.3) is 0 Å². The van der Waals surface area contributed by atoms with Crippen LogP contribution < -0.4 is 5.32 Å². The Morgan fingerprint density at radius 1 is 1.30 bits per heavy atom. The van der Waals surface area contributed by atoms with Gasteiger partial charge >= 0.3 is 5.97 Å². The number of nitrogens with one attached hydrogen (secondary N) is 1. The molecule has 0 spiro atoms. The highest BCUT2D eigenvalue weighted by Gasteiger charge is 2.08. The van der Waals surface area contributed by atoms with Crippen LogP contribution in [-0.4, -0.2) is 17.6 Å². The second kappa shape index (κ2) is 6.39. The predicted octanol–water partition coefficient (Wildman–Crippen LogP) is 3.96. The van der Waals surface area contributed by atoms with E-state index in [0.29, 0.717) is 22.9 Å². The number of aromatic nitrogens is 1. The first-order chi connectivity index (χ1) is 9.60. The number of halogens is 1. The molecule has 0 aliphatic carbocycles. The van der Waals surface area contributed by atoms with E-state index in [1.54, 1.807) is 19.2 Å². The maximum absolute atomic E-state index is 11.6. The van der Waals surface area contributed by atoms with Crippen LogP contribution in [0.5, 0.6) is 0 Å². The molecule has 0 atom stereocenters. The van der Waals surface area contributed by atoms with Gasteiger partial charge < -0.3 is 10.1 Å². The zero-order chi connectivity index (χ0) is 14.5. The largest absolute Gasteiger partial charge is 0.462 e. The van der Waals surface area contributed by atoms with Crippen molar-refractivity contribution >= 4 is 28.9 Å². The molecule has 0 aliphatic heterocycles. The zero-order valence-corrected chi connectivity index (χ0v) is 12.1. The molecule has 2 rings (SSSR count). The molecule has 0 bridgehead atoms. The third-order valence-corrected chi connectivity index (χ3v) is 3.12. The molecular formula is C15H15ClN2O2. The monoisotopic (exact) mass is 290 g/mol. The number of pyridine rings is 1. The second-order valence-electron chi connectivity index (χ2n) is 4.27. The SMILES string of the molecule is CCOC(=O)c1cncc(Nc2ccc(C)c(Cl)c2)c1. The molecule has 20 heavy (non-hydrogen) atoms. The van der Waals surface area contributed by atoms with Gasteiger partial charge in [-0.25, -0.2) is 4.79 Å². The maximum atomic E-state index is 11.6. The van der Waals surface area contributed by atoms with E-state index in [1.807, 2.05) is 25.1 Å². The van der Waals surface area contributed by atoms with Crippen LogP contribution in [0.4, 0.5) is 11.4 Å². The third-order valence-electron chi connectivity index (χ3n) is 2.71. The molecule has 0 fully saturated rings. The Morgan fingerprint density at radius 2 is 2.10 bits per heavy atom. The molecule has 1 aromatic heterocycles. The van der Waals surface area contributed by atoms with E-state index in [1.165, 1.54) is 6.20 Å². The summed E-state index contributed by atoms with van der Waals surface area (Å²) in [4.78, 5) is 15.7. The fourth-order valence-corrected chi connectivity index (χ4v) is 1.85. The van der Waals surface area contributed by atoms with Crippen molar-refractivity contribution in [3.05, 3.63) is 52.8 Å². The summed E-state index contributed by atoms with van der Waals surface area (Å²) in [5.74, 6) is -0.384. The highest BCUT2D eigenvalue weighted by Crippen LogP contribution is 2.23. The number of aryl methyl sites for hydroxylation is 1. The average molecular weight is 291 g/mol. The van der Waals surface area contributed by atoms with Crippen LogP contribution in [-0.2, 0) is 4.74 Å². The van der Waals surface area contributed by atoms with E-state index < -0.39 is 0 Å². The predicted molar refractivity (Wildman–Crippen MR) is 79.7 cm³/mol. The summed E-state index contributed by atoms with van der Waals surface area (Å²) in [5.41, 5.74) is 2.96. The second-order valence-corrected chi connectivity index (χ2v) is 4.68. The Morgan fingerprint density at radius 3 is 2.80 bits per heavy atom. The van der Waals surface area contributed by atoms with Crippen molar-refractivity contribution in [2.24, 2.45) is 0 Å². The van der Waals surface area contributed by atoms with Crippen LogP contribution in [0.1, 0.15) is 22.8 Å². The average Bonchev–Trinajstić information content (AvgIpc) is 2.43. The number of hydrogen-bond acceptors (Lipinski definition) is 4. The molecule has 2 aromatic rings. The molecule has 5 heteroatoms.